The predicted molar refractivity (Wildman–Crippen MR) is 74.5 cm³/mol. The van der Waals surface area contributed by atoms with E-state index in [1.165, 1.54) is 12.1 Å². The minimum Gasteiger partial charge on any atom is -0.394 e. The SMILES string of the molecule is [2H]c1cc(C)ccc1S(=O)(=O)C(O)C(=O)[C@@H](O)[C@H](O)[C@H](O)CO. The van der Waals surface area contributed by atoms with Crippen molar-refractivity contribution in [2.24, 2.45) is 0 Å². The topological polar surface area (TPSA) is 152 Å². The zero-order chi connectivity index (χ0) is 17.9. The van der Waals surface area contributed by atoms with Crippen LogP contribution in [-0.2, 0) is 14.6 Å². The van der Waals surface area contributed by atoms with Crippen molar-refractivity contribution < 1.29 is 40.1 Å². The number of carbonyl (C=O) groups excluding carboxylic acids is 1. The summed E-state index contributed by atoms with van der Waals surface area (Å²) in [4.78, 5) is 11.2. The fourth-order valence-corrected chi connectivity index (χ4v) is 2.74. The molecule has 0 aliphatic heterocycles. The number of sulfone groups is 1. The first-order chi connectivity index (χ1) is 10.5. The Bertz CT molecular complexity index is 675. The summed E-state index contributed by atoms with van der Waals surface area (Å²) in [6, 6.07) is 3.17. The molecule has 0 radical (unpaired) electrons. The minimum atomic E-state index is -4.69. The second-order valence-electron chi connectivity index (χ2n) is 4.72. The molecule has 0 saturated heterocycles. The van der Waals surface area contributed by atoms with Crippen molar-refractivity contribution in [2.45, 2.75) is 35.6 Å². The van der Waals surface area contributed by atoms with E-state index < -0.39 is 56.9 Å². The third-order valence-corrected chi connectivity index (χ3v) is 4.67. The van der Waals surface area contributed by atoms with Crippen LogP contribution in [0.15, 0.2) is 29.1 Å². The molecule has 0 saturated carbocycles. The van der Waals surface area contributed by atoms with Crippen LogP contribution in [0.25, 0.3) is 0 Å². The van der Waals surface area contributed by atoms with Crippen LogP contribution in [0.3, 0.4) is 0 Å². The maximum Gasteiger partial charge on any atom is 0.221 e. The molecule has 0 spiro atoms. The Hall–Kier alpha value is -1.36. The zero-order valence-corrected chi connectivity index (χ0v) is 12.4. The maximum absolute atomic E-state index is 12.2. The van der Waals surface area contributed by atoms with E-state index >= 15 is 0 Å². The number of Topliss-reactive ketones (excluding diaryl/α,β-unsaturated/α-hetero) is 1. The fraction of sp³-hybridized carbons (Fsp3) is 0.462. The lowest BCUT2D eigenvalue weighted by Gasteiger charge is -2.22. The highest BCUT2D eigenvalue weighted by Gasteiger charge is 2.40. The van der Waals surface area contributed by atoms with Crippen molar-refractivity contribution >= 4 is 15.6 Å². The Morgan fingerprint density at radius 2 is 1.82 bits per heavy atom. The van der Waals surface area contributed by atoms with Crippen molar-refractivity contribution in [3.05, 3.63) is 29.8 Å². The third-order valence-electron chi connectivity index (χ3n) is 2.98. The molecule has 0 heterocycles. The summed E-state index contributed by atoms with van der Waals surface area (Å²) < 4.78 is 32.0. The van der Waals surface area contributed by atoms with Gasteiger partial charge in [-0.3, -0.25) is 4.79 Å². The minimum absolute atomic E-state index is 0.442. The molecule has 22 heavy (non-hydrogen) atoms. The number of carbonyl (C=O) groups is 1. The zero-order valence-electron chi connectivity index (χ0n) is 12.6. The molecule has 0 bridgehead atoms. The van der Waals surface area contributed by atoms with E-state index in [2.05, 4.69) is 0 Å². The van der Waals surface area contributed by atoms with Gasteiger partial charge in [-0.05, 0) is 19.0 Å². The van der Waals surface area contributed by atoms with Gasteiger partial charge in [-0.25, -0.2) is 8.42 Å². The van der Waals surface area contributed by atoms with Crippen LogP contribution in [0.5, 0.6) is 0 Å². The van der Waals surface area contributed by atoms with Gasteiger partial charge in [-0.15, -0.1) is 0 Å². The summed E-state index contributed by atoms with van der Waals surface area (Å²) in [6.07, 6.45) is -6.50. The Kier molecular flexibility index (Phi) is 5.62. The van der Waals surface area contributed by atoms with Gasteiger partial charge in [0.2, 0.25) is 21.1 Å². The van der Waals surface area contributed by atoms with E-state index in [9.17, 15) is 28.5 Å². The van der Waals surface area contributed by atoms with E-state index in [0.29, 0.717) is 5.56 Å². The second kappa shape index (κ2) is 7.27. The summed E-state index contributed by atoms with van der Waals surface area (Å²) in [7, 11) is -4.69. The number of hydrogen-bond donors (Lipinski definition) is 5. The summed E-state index contributed by atoms with van der Waals surface area (Å²) in [5, 5.41) is 46.5. The van der Waals surface area contributed by atoms with Gasteiger partial charge in [0, 0.05) is 0 Å². The molecule has 8 nitrogen and oxygen atoms in total. The molecule has 1 unspecified atom stereocenters. The molecule has 5 N–H and O–H groups in total. The Morgan fingerprint density at radius 3 is 2.32 bits per heavy atom. The summed E-state index contributed by atoms with van der Waals surface area (Å²) >= 11 is 0. The molecule has 0 aliphatic carbocycles. The number of benzene rings is 1. The number of hydrogen-bond acceptors (Lipinski definition) is 8. The molecule has 9 heteroatoms. The average Bonchev–Trinajstić information content (AvgIpc) is 2.50. The van der Waals surface area contributed by atoms with E-state index in [1.54, 1.807) is 6.92 Å². The van der Waals surface area contributed by atoms with Gasteiger partial charge in [0.1, 0.15) is 18.3 Å². The largest absolute Gasteiger partial charge is 0.394 e. The van der Waals surface area contributed by atoms with Crippen molar-refractivity contribution in [3.8, 4) is 0 Å². The molecule has 0 aliphatic rings. The molecule has 124 valence electrons. The third kappa shape index (κ3) is 3.88. The first kappa shape index (κ1) is 17.0. The molecule has 4 atom stereocenters. The standard InChI is InChI=1S/C13H18O8S/c1-7-2-4-8(5-3-7)22(20,21)13(19)12(18)11(17)10(16)9(15)6-14/h2-5,9-11,13-17,19H,6H2,1H3/t9-,10-,11+,13?/m1/s1/i4D. The van der Waals surface area contributed by atoms with Crippen LogP contribution in [0.1, 0.15) is 6.93 Å². The normalized spacial score (nSPS) is 18.2. The summed E-state index contributed by atoms with van der Waals surface area (Å²) in [5.41, 5.74) is -2.14. The van der Waals surface area contributed by atoms with Crippen LogP contribution in [0.2, 0.25) is 0 Å². The van der Waals surface area contributed by atoms with Crippen LogP contribution in [0, 0.1) is 6.92 Å². The van der Waals surface area contributed by atoms with E-state index in [4.69, 9.17) is 11.6 Å². The highest BCUT2D eigenvalue weighted by molar-refractivity contribution is 7.92. The van der Waals surface area contributed by atoms with Gasteiger partial charge in [0.15, 0.2) is 0 Å². The molecule has 1 aromatic rings. The summed E-state index contributed by atoms with van der Waals surface area (Å²) in [6.45, 7) is 0.635. The number of aryl methyl sites for hydroxylation is 1. The smallest absolute Gasteiger partial charge is 0.221 e. The van der Waals surface area contributed by atoms with Crippen molar-refractivity contribution in [1.29, 1.82) is 0 Å². The molecule has 1 aromatic carbocycles. The lowest BCUT2D eigenvalue weighted by Crippen LogP contribution is -2.49. The van der Waals surface area contributed by atoms with Gasteiger partial charge in [-0.1, -0.05) is 17.7 Å². The highest BCUT2D eigenvalue weighted by Crippen LogP contribution is 2.18. The highest BCUT2D eigenvalue weighted by atomic mass is 32.2. The molecule has 0 amide bonds. The Labute approximate surface area is 128 Å². The lowest BCUT2D eigenvalue weighted by atomic mass is 10.1. The molecule has 0 fully saturated rings. The molecule has 1 rings (SSSR count). The van der Waals surface area contributed by atoms with Crippen molar-refractivity contribution in [2.75, 3.05) is 6.61 Å². The van der Waals surface area contributed by atoms with Gasteiger partial charge in [-0.2, -0.15) is 0 Å². The van der Waals surface area contributed by atoms with Crippen LogP contribution < -0.4 is 0 Å². The van der Waals surface area contributed by atoms with Gasteiger partial charge >= 0.3 is 0 Å². The second-order valence-corrected chi connectivity index (χ2v) is 6.69. The molecule has 0 aromatic heterocycles. The Balaban J connectivity index is 3.11. The molecular formula is C13H18O8S. The van der Waals surface area contributed by atoms with E-state index in [0.717, 1.165) is 6.07 Å². The quantitative estimate of drug-likeness (QED) is 0.374. The first-order valence-electron chi connectivity index (χ1n) is 6.72. The number of aliphatic hydroxyl groups is 5. The average molecular weight is 335 g/mol. The van der Waals surface area contributed by atoms with Crippen LogP contribution in [0.4, 0.5) is 0 Å². The number of rotatable bonds is 7. The predicted octanol–water partition coefficient (Wildman–Crippen LogP) is -2.27. The molecular weight excluding hydrogens is 316 g/mol. The first-order valence-corrected chi connectivity index (χ1v) is 7.76. The van der Waals surface area contributed by atoms with Gasteiger partial charge < -0.3 is 25.5 Å². The van der Waals surface area contributed by atoms with Crippen molar-refractivity contribution in [3.63, 3.8) is 0 Å². The van der Waals surface area contributed by atoms with Crippen LogP contribution >= 0.6 is 0 Å². The van der Waals surface area contributed by atoms with Gasteiger partial charge in [0.25, 0.3) is 0 Å². The monoisotopic (exact) mass is 335 g/mol. The Morgan fingerprint density at radius 1 is 1.23 bits per heavy atom. The van der Waals surface area contributed by atoms with E-state index in [-0.39, 0.29) is 0 Å². The lowest BCUT2D eigenvalue weighted by molar-refractivity contribution is -0.144. The number of aliphatic hydroxyl groups excluding tert-OH is 5. The summed E-state index contributed by atoms with van der Waals surface area (Å²) in [5.74, 6) is -1.68. The van der Waals surface area contributed by atoms with Gasteiger partial charge in [0.05, 0.1) is 12.9 Å². The van der Waals surface area contributed by atoms with E-state index in [1.807, 2.05) is 0 Å². The van der Waals surface area contributed by atoms with Crippen molar-refractivity contribution in [1.82, 2.24) is 0 Å². The maximum atomic E-state index is 12.2. The van der Waals surface area contributed by atoms with Crippen LogP contribution in [-0.4, -0.2) is 70.1 Å². The number of ketones is 1. The fourth-order valence-electron chi connectivity index (χ4n) is 1.57.